The fraction of sp³-hybridized carbons (Fsp3) is 0.375. The van der Waals surface area contributed by atoms with Gasteiger partial charge in [-0.1, -0.05) is 25.0 Å². The fourth-order valence-electron chi connectivity index (χ4n) is 3.03. The second-order valence-corrected chi connectivity index (χ2v) is 5.45. The van der Waals surface area contributed by atoms with Gasteiger partial charge in [0.25, 0.3) is 5.91 Å². The maximum absolute atomic E-state index is 12.8. The van der Waals surface area contributed by atoms with Gasteiger partial charge < -0.3 is 15.0 Å². The van der Waals surface area contributed by atoms with Gasteiger partial charge in [0.15, 0.2) is 0 Å². The number of nitrogens with zero attached hydrogens (tertiary/aromatic N) is 1. The van der Waals surface area contributed by atoms with Crippen LogP contribution in [0.4, 0.5) is 0 Å². The van der Waals surface area contributed by atoms with Crippen LogP contribution in [0.5, 0.6) is 0 Å². The highest BCUT2D eigenvalue weighted by Gasteiger charge is 2.31. The summed E-state index contributed by atoms with van der Waals surface area (Å²) in [4.78, 5) is 28.9. The first kappa shape index (κ1) is 13.7. The molecule has 1 atom stereocenters. The Balaban J connectivity index is 1.99. The van der Waals surface area contributed by atoms with Gasteiger partial charge in [0.2, 0.25) is 0 Å². The number of carboxylic acids is 1. The van der Waals surface area contributed by atoms with E-state index in [4.69, 9.17) is 0 Å². The monoisotopic (exact) mass is 286 g/mol. The van der Waals surface area contributed by atoms with Crippen LogP contribution in [-0.2, 0) is 4.79 Å². The van der Waals surface area contributed by atoms with Crippen LogP contribution in [0, 0.1) is 0 Å². The average molecular weight is 286 g/mol. The molecule has 0 bridgehead atoms. The Hall–Kier alpha value is -2.30. The lowest BCUT2D eigenvalue weighted by atomic mass is 10.1. The van der Waals surface area contributed by atoms with E-state index in [0.29, 0.717) is 18.5 Å². The predicted octanol–water partition coefficient (Wildman–Crippen LogP) is 2.64. The molecule has 1 aromatic carbocycles. The number of aromatic amines is 1. The van der Waals surface area contributed by atoms with Crippen LogP contribution in [0.3, 0.4) is 0 Å². The maximum atomic E-state index is 12.8. The Morgan fingerprint density at radius 1 is 1.19 bits per heavy atom. The zero-order valence-corrected chi connectivity index (χ0v) is 11.7. The third-order valence-corrected chi connectivity index (χ3v) is 4.12. The minimum Gasteiger partial charge on any atom is -0.480 e. The van der Waals surface area contributed by atoms with Gasteiger partial charge in [-0.3, -0.25) is 4.79 Å². The van der Waals surface area contributed by atoms with Crippen LogP contribution >= 0.6 is 0 Å². The van der Waals surface area contributed by atoms with E-state index < -0.39 is 12.0 Å². The Morgan fingerprint density at radius 3 is 2.86 bits per heavy atom. The molecular weight excluding hydrogens is 268 g/mol. The van der Waals surface area contributed by atoms with Crippen LogP contribution in [0.1, 0.15) is 36.0 Å². The molecule has 1 aliphatic rings. The van der Waals surface area contributed by atoms with Crippen molar-refractivity contribution in [2.45, 2.75) is 31.7 Å². The molecule has 0 saturated carbocycles. The van der Waals surface area contributed by atoms with Gasteiger partial charge in [0, 0.05) is 18.1 Å². The molecule has 5 nitrogen and oxygen atoms in total. The standard InChI is InChI=1S/C16H18N2O3/c19-15(12-6-4-5-11-8-9-17-14(11)12)18-10-3-1-2-7-13(18)16(20)21/h4-6,8-9,13,17H,1-3,7,10H2,(H,20,21). The number of fused-ring (bicyclic) bond motifs is 1. The number of benzene rings is 1. The molecule has 5 heteroatoms. The summed E-state index contributed by atoms with van der Waals surface area (Å²) in [6, 6.07) is 6.70. The lowest BCUT2D eigenvalue weighted by molar-refractivity contribution is -0.142. The molecule has 1 saturated heterocycles. The lowest BCUT2D eigenvalue weighted by Gasteiger charge is -2.27. The van der Waals surface area contributed by atoms with Crippen molar-refractivity contribution in [1.29, 1.82) is 0 Å². The van der Waals surface area contributed by atoms with Crippen molar-refractivity contribution >= 4 is 22.8 Å². The van der Waals surface area contributed by atoms with Gasteiger partial charge in [0.1, 0.15) is 6.04 Å². The van der Waals surface area contributed by atoms with Crippen LogP contribution in [0.25, 0.3) is 10.9 Å². The number of para-hydroxylation sites is 1. The van der Waals surface area contributed by atoms with E-state index in [1.165, 1.54) is 4.90 Å². The molecule has 3 rings (SSSR count). The molecule has 2 heterocycles. The lowest BCUT2D eigenvalue weighted by Crippen LogP contribution is -2.44. The number of nitrogens with one attached hydrogen (secondary N) is 1. The first-order valence-electron chi connectivity index (χ1n) is 7.28. The second-order valence-electron chi connectivity index (χ2n) is 5.45. The number of carbonyl (C=O) groups is 2. The highest BCUT2D eigenvalue weighted by molar-refractivity contribution is 6.06. The number of rotatable bonds is 2. The van der Waals surface area contributed by atoms with E-state index in [1.807, 2.05) is 18.2 Å². The first-order chi connectivity index (χ1) is 10.2. The quantitative estimate of drug-likeness (QED) is 0.891. The summed E-state index contributed by atoms with van der Waals surface area (Å²) in [6.45, 7) is 0.507. The van der Waals surface area contributed by atoms with Crippen LogP contribution in [0.15, 0.2) is 30.5 Å². The topological polar surface area (TPSA) is 73.4 Å². The number of hydrogen-bond acceptors (Lipinski definition) is 2. The summed E-state index contributed by atoms with van der Waals surface area (Å²) in [5.41, 5.74) is 1.32. The average Bonchev–Trinajstić information content (AvgIpc) is 2.81. The highest BCUT2D eigenvalue weighted by atomic mass is 16.4. The molecule has 1 aromatic heterocycles. The molecule has 21 heavy (non-hydrogen) atoms. The van der Waals surface area contributed by atoms with Crippen LogP contribution < -0.4 is 0 Å². The smallest absolute Gasteiger partial charge is 0.326 e. The van der Waals surface area contributed by atoms with Crippen molar-refractivity contribution in [3.05, 3.63) is 36.0 Å². The van der Waals surface area contributed by atoms with E-state index in [2.05, 4.69) is 4.98 Å². The maximum Gasteiger partial charge on any atom is 0.326 e. The van der Waals surface area contributed by atoms with Gasteiger partial charge in [-0.25, -0.2) is 4.79 Å². The van der Waals surface area contributed by atoms with Crippen molar-refractivity contribution in [3.8, 4) is 0 Å². The van der Waals surface area contributed by atoms with Crippen molar-refractivity contribution < 1.29 is 14.7 Å². The molecule has 0 radical (unpaired) electrons. The van der Waals surface area contributed by atoms with Gasteiger partial charge in [-0.15, -0.1) is 0 Å². The largest absolute Gasteiger partial charge is 0.480 e. The molecule has 110 valence electrons. The van der Waals surface area contributed by atoms with Crippen molar-refractivity contribution in [3.63, 3.8) is 0 Å². The molecule has 2 aromatic rings. The number of carboxylic acid groups (broad SMARTS) is 1. The molecule has 0 spiro atoms. The van der Waals surface area contributed by atoms with Crippen molar-refractivity contribution in [1.82, 2.24) is 9.88 Å². The number of amides is 1. The SMILES string of the molecule is O=C(O)C1CCCCCN1C(=O)c1cccc2cc[nH]c12. The fourth-order valence-corrected chi connectivity index (χ4v) is 3.03. The molecule has 1 amide bonds. The second kappa shape index (κ2) is 5.60. The van der Waals surface area contributed by atoms with E-state index in [0.717, 1.165) is 30.2 Å². The van der Waals surface area contributed by atoms with Gasteiger partial charge in [0.05, 0.1) is 11.1 Å². The third kappa shape index (κ3) is 2.51. The van der Waals surface area contributed by atoms with Crippen molar-refractivity contribution in [2.24, 2.45) is 0 Å². The molecule has 1 unspecified atom stereocenters. The number of aromatic nitrogens is 1. The Morgan fingerprint density at radius 2 is 2.05 bits per heavy atom. The molecule has 1 aliphatic heterocycles. The first-order valence-corrected chi connectivity index (χ1v) is 7.28. The molecular formula is C16H18N2O3. The zero-order valence-electron chi connectivity index (χ0n) is 11.7. The summed E-state index contributed by atoms with van der Waals surface area (Å²) in [5, 5.41) is 10.4. The summed E-state index contributed by atoms with van der Waals surface area (Å²) >= 11 is 0. The van der Waals surface area contributed by atoms with Gasteiger partial charge in [-0.2, -0.15) is 0 Å². The van der Waals surface area contributed by atoms with Crippen LogP contribution in [-0.4, -0.2) is 39.5 Å². The van der Waals surface area contributed by atoms with Gasteiger partial charge in [-0.05, 0) is 25.0 Å². The summed E-state index contributed by atoms with van der Waals surface area (Å²) < 4.78 is 0. The van der Waals surface area contributed by atoms with E-state index in [1.54, 1.807) is 12.3 Å². The number of H-pyrrole nitrogens is 1. The Bertz CT molecular complexity index is 677. The Kier molecular flexibility index (Phi) is 3.64. The van der Waals surface area contributed by atoms with Crippen molar-refractivity contribution in [2.75, 3.05) is 6.54 Å². The normalized spacial score (nSPS) is 19.4. The highest BCUT2D eigenvalue weighted by Crippen LogP contribution is 2.23. The predicted molar refractivity (Wildman–Crippen MR) is 79.2 cm³/mol. The minimum atomic E-state index is -0.913. The minimum absolute atomic E-state index is 0.197. The van der Waals surface area contributed by atoms with Gasteiger partial charge >= 0.3 is 5.97 Å². The summed E-state index contributed by atoms with van der Waals surface area (Å²) in [5.74, 6) is -1.11. The Labute approximate surface area is 122 Å². The van der Waals surface area contributed by atoms with E-state index in [9.17, 15) is 14.7 Å². The number of hydrogen-bond donors (Lipinski definition) is 2. The number of likely N-dealkylation sites (tertiary alicyclic amines) is 1. The van der Waals surface area contributed by atoms with Crippen LogP contribution in [0.2, 0.25) is 0 Å². The number of aliphatic carboxylic acids is 1. The molecule has 0 aliphatic carbocycles. The summed E-state index contributed by atoms with van der Waals surface area (Å²) in [6.07, 6.45) is 5.00. The van der Waals surface area contributed by atoms with E-state index in [-0.39, 0.29) is 5.91 Å². The van der Waals surface area contributed by atoms with E-state index >= 15 is 0 Å². The summed E-state index contributed by atoms with van der Waals surface area (Å²) in [7, 11) is 0. The molecule has 1 fully saturated rings. The molecule has 2 N–H and O–H groups in total. The number of carbonyl (C=O) groups excluding carboxylic acids is 1. The third-order valence-electron chi connectivity index (χ3n) is 4.12. The zero-order chi connectivity index (χ0) is 14.8.